The van der Waals surface area contributed by atoms with E-state index in [9.17, 15) is 27.9 Å². The highest BCUT2D eigenvalue weighted by Crippen LogP contribution is 2.24. The third-order valence-corrected chi connectivity index (χ3v) is 8.49. The number of carboxylic acid groups (broad SMARTS) is 1. The Balaban J connectivity index is 1.50. The number of rotatable bonds is 9. The zero-order valence-corrected chi connectivity index (χ0v) is 22.1. The molecular weight excluding hydrogens is 498 g/mol. The fraction of sp³-hybridized carbons (Fsp3) is 0.423. The van der Waals surface area contributed by atoms with Crippen molar-refractivity contribution in [2.75, 3.05) is 26.2 Å². The first kappa shape index (κ1) is 28.1. The van der Waals surface area contributed by atoms with Gasteiger partial charge in [-0.1, -0.05) is 36.4 Å². The molecule has 0 bridgehead atoms. The molecular formula is C26H33N3O7S. The second kappa shape index (κ2) is 12.2. The summed E-state index contributed by atoms with van der Waals surface area (Å²) in [5, 5.41) is 11.7. The molecule has 0 saturated carbocycles. The van der Waals surface area contributed by atoms with E-state index in [0.717, 1.165) is 16.7 Å². The van der Waals surface area contributed by atoms with Crippen molar-refractivity contribution in [3.8, 4) is 0 Å². The fourth-order valence-electron chi connectivity index (χ4n) is 4.12. The Kier molecular flexibility index (Phi) is 9.28. The van der Waals surface area contributed by atoms with Gasteiger partial charge in [0, 0.05) is 32.6 Å². The number of hydrogen-bond donors (Lipinski definition) is 2. The summed E-state index contributed by atoms with van der Waals surface area (Å²) in [6.07, 6.45) is -1.11. The minimum atomic E-state index is -3.70. The summed E-state index contributed by atoms with van der Waals surface area (Å²) >= 11 is 0. The van der Waals surface area contributed by atoms with E-state index < -0.39 is 28.1 Å². The Labute approximate surface area is 217 Å². The average molecular weight is 532 g/mol. The van der Waals surface area contributed by atoms with Crippen LogP contribution in [-0.2, 0) is 31.0 Å². The van der Waals surface area contributed by atoms with Crippen LogP contribution in [0.5, 0.6) is 0 Å². The molecule has 2 aromatic carbocycles. The molecule has 1 heterocycles. The summed E-state index contributed by atoms with van der Waals surface area (Å²) in [6, 6.07) is 11.2. The Morgan fingerprint density at radius 2 is 1.59 bits per heavy atom. The monoisotopic (exact) mass is 531 g/mol. The van der Waals surface area contributed by atoms with Gasteiger partial charge in [0.1, 0.15) is 12.6 Å². The van der Waals surface area contributed by atoms with Gasteiger partial charge >= 0.3 is 12.1 Å². The lowest BCUT2D eigenvalue weighted by atomic mass is 10.1. The molecule has 2 N–H and O–H groups in total. The van der Waals surface area contributed by atoms with Gasteiger partial charge < -0.3 is 20.1 Å². The van der Waals surface area contributed by atoms with Gasteiger partial charge in [-0.2, -0.15) is 4.31 Å². The quantitative estimate of drug-likeness (QED) is 0.508. The molecule has 10 nitrogen and oxygen atoms in total. The molecule has 3 rings (SSSR count). The van der Waals surface area contributed by atoms with Crippen molar-refractivity contribution >= 4 is 28.0 Å². The Morgan fingerprint density at radius 3 is 2.22 bits per heavy atom. The molecule has 0 radical (unpaired) electrons. The number of carboxylic acids is 1. The maximum absolute atomic E-state index is 13.2. The number of ether oxygens (including phenoxy) is 1. The number of amides is 2. The van der Waals surface area contributed by atoms with Crippen LogP contribution in [0.2, 0.25) is 0 Å². The van der Waals surface area contributed by atoms with Gasteiger partial charge in [0.05, 0.1) is 4.90 Å². The summed E-state index contributed by atoms with van der Waals surface area (Å²) in [4.78, 5) is 38.1. The third-order valence-electron chi connectivity index (χ3n) is 6.45. The number of nitrogens with zero attached hydrogens (tertiary/aromatic N) is 2. The predicted octanol–water partition coefficient (Wildman–Crippen LogP) is 2.60. The van der Waals surface area contributed by atoms with E-state index in [4.69, 9.17) is 4.74 Å². The van der Waals surface area contributed by atoms with E-state index in [2.05, 4.69) is 5.32 Å². The minimum Gasteiger partial charge on any atom is -0.480 e. The number of nitrogens with one attached hydrogen (secondary N) is 1. The van der Waals surface area contributed by atoms with Crippen molar-refractivity contribution in [3.63, 3.8) is 0 Å². The maximum Gasteiger partial charge on any atom is 0.408 e. The number of sulfonamides is 1. The highest BCUT2D eigenvalue weighted by Gasteiger charge is 2.32. The molecule has 200 valence electrons. The minimum absolute atomic E-state index is 0.00713. The molecule has 1 fully saturated rings. The van der Waals surface area contributed by atoms with E-state index in [-0.39, 0.29) is 56.4 Å². The van der Waals surface area contributed by atoms with E-state index in [1.54, 1.807) is 37.3 Å². The Morgan fingerprint density at radius 1 is 0.973 bits per heavy atom. The normalized spacial score (nSPS) is 15.2. The van der Waals surface area contributed by atoms with Crippen molar-refractivity contribution in [3.05, 3.63) is 64.7 Å². The summed E-state index contributed by atoms with van der Waals surface area (Å²) in [5.41, 5.74) is 3.35. The summed E-state index contributed by atoms with van der Waals surface area (Å²) in [6.45, 7) is 6.25. The van der Waals surface area contributed by atoms with Gasteiger partial charge in [0.15, 0.2) is 0 Å². The third kappa shape index (κ3) is 7.30. The van der Waals surface area contributed by atoms with E-state index in [0.29, 0.717) is 5.56 Å². The average Bonchev–Trinajstić information content (AvgIpc) is 2.87. The number of carbonyl (C=O) groups is 3. The second-order valence-electron chi connectivity index (χ2n) is 9.12. The fourth-order valence-corrected chi connectivity index (χ4v) is 5.83. The number of alkyl carbamates (subject to hydrolysis) is 1. The zero-order chi connectivity index (χ0) is 27.2. The Hall–Kier alpha value is -3.44. The highest BCUT2D eigenvalue weighted by molar-refractivity contribution is 7.89. The highest BCUT2D eigenvalue weighted by atomic mass is 32.2. The molecule has 0 aliphatic carbocycles. The van der Waals surface area contributed by atoms with Crippen LogP contribution < -0.4 is 5.32 Å². The van der Waals surface area contributed by atoms with Gasteiger partial charge in [0.2, 0.25) is 15.9 Å². The number of aliphatic carboxylic acids is 1. The summed E-state index contributed by atoms with van der Waals surface area (Å²) in [5.74, 6) is -1.57. The molecule has 37 heavy (non-hydrogen) atoms. The molecule has 1 saturated heterocycles. The summed E-state index contributed by atoms with van der Waals surface area (Å²) in [7, 11) is -3.70. The molecule has 1 atom stereocenters. The standard InChI is InChI=1S/C26H33N3O7S/c1-18-15-20(3)23(16-19(18)2)37(34,35)29-13-11-28(12-14-29)24(30)10-9-22(25(31)32)27-26(33)36-17-21-7-5-4-6-8-21/h4-8,15-16,22H,9-14,17H2,1-3H3,(H,27,33)(H,31,32)/t22-/m0/s1. The van der Waals surface area contributed by atoms with Gasteiger partial charge in [-0.25, -0.2) is 18.0 Å². The molecule has 2 amide bonds. The second-order valence-corrected chi connectivity index (χ2v) is 11.0. The van der Waals surface area contributed by atoms with Crippen molar-refractivity contribution in [2.24, 2.45) is 0 Å². The largest absolute Gasteiger partial charge is 0.480 e. The molecule has 0 aromatic heterocycles. The van der Waals surface area contributed by atoms with Crippen LogP contribution in [0.4, 0.5) is 4.79 Å². The number of carbonyl (C=O) groups excluding carboxylic acids is 2. The first-order valence-corrected chi connectivity index (χ1v) is 13.5. The van der Waals surface area contributed by atoms with Crippen LogP contribution in [-0.4, -0.2) is 72.9 Å². The van der Waals surface area contributed by atoms with Gasteiger partial charge in [-0.15, -0.1) is 0 Å². The van der Waals surface area contributed by atoms with Crippen LogP contribution in [0.15, 0.2) is 47.4 Å². The molecule has 0 spiro atoms. The van der Waals surface area contributed by atoms with Crippen molar-refractivity contribution in [2.45, 2.75) is 51.2 Å². The van der Waals surface area contributed by atoms with E-state index >= 15 is 0 Å². The number of benzene rings is 2. The van der Waals surface area contributed by atoms with Crippen molar-refractivity contribution in [1.82, 2.24) is 14.5 Å². The molecule has 1 aliphatic heterocycles. The van der Waals surface area contributed by atoms with E-state index in [1.807, 2.05) is 26.0 Å². The van der Waals surface area contributed by atoms with Gasteiger partial charge in [-0.3, -0.25) is 4.79 Å². The number of piperazine rings is 1. The molecule has 2 aromatic rings. The van der Waals surface area contributed by atoms with Crippen molar-refractivity contribution in [1.29, 1.82) is 0 Å². The van der Waals surface area contributed by atoms with Crippen LogP contribution in [0.25, 0.3) is 0 Å². The van der Waals surface area contributed by atoms with Crippen LogP contribution >= 0.6 is 0 Å². The maximum atomic E-state index is 13.2. The number of aryl methyl sites for hydroxylation is 3. The number of hydrogen-bond acceptors (Lipinski definition) is 6. The van der Waals surface area contributed by atoms with Gasteiger partial charge in [-0.05, 0) is 55.5 Å². The first-order chi connectivity index (χ1) is 17.5. The molecule has 1 aliphatic rings. The topological polar surface area (TPSA) is 133 Å². The van der Waals surface area contributed by atoms with E-state index in [1.165, 1.54) is 9.21 Å². The SMILES string of the molecule is Cc1cc(C)c(S(=O)(=O)N2CCN(C(=O)CC[C@H](NC(=O)OCc3ccccc3)C(=O)O)CC2)cc1C. The smallest absolute Gasteiger partial charge is 0.408 e. The van der Waals surface area contributed by atoms with Crippen LogP contribution in [0.3, 0.4) is 0 Å². The Bertz CT molecular complexity index is 1240. The lowest BCUT2D eigenvalue weighted by Gasteiger charge is -2.34. The van der Waals surface area contributed by atoms with Crippen molar-refractivity contribution < 1.29 is 32.6 Å². The summed E-state index contributed by atoms with van der Waals surface area (Å²) < 4.78 is 32.8. The first-order valence-electron chi connectivity index (χ1n) is 12.0. The lowest BCUT2D eigenvalue weighted by molar-refractivity contribution is -0.140. The zero-order valence-electron chi connectivity index (χ0n) is 21.3. The van der Waals surface area contributed by atoms with Crippen LogP contribution in [0.1, 0.15) is 35.1 Å². The van der Waals surface area contributed by atoms with Gasteiger partial charge in [0.25, 0.3) is 0 Å². The molecule has 0 unspecified atom stereocenters. The molecule has 11 heteroatoms. The van der Waals surface area contributed by atoms with Crippen LogP contribution in [0, 0.1) is 20.8 Å². The lowest BCUT2D eigenvalue weighted by Crippen LogP contribution is -2.51. The predicted molar refractivity (Wildman–Crippen MR) is 136 cm³/mol.